The number of rotatable bonds is 4. The van der Waals surface area contributed by atoms with Crippen LogP contribution in [0.3, 0.4) is 0 Å². The Hall–Kier alpha value is -1.61. The number of nitrogens with zero attached hydrogens (tertiary/aromatic N) is 3. The van der Waals surface area contributed by atoms with Crippen molar-refractivity contribution >= 4 is 22.4 Å². The van der Waals surface area contributed by atoms with Gasteiger partial charge in [-0.25, -0.2) is 9.78 Å². The van der Waals surface area contributed by atoms with E-state index in [9.17, 15) is 4.79 Å². The molecule has 86 valence electrons. The zero-order valence-electron chi connectivity index (χ0n) is 9.48. The summed E-state index contributed by atoms with van der Waals surface area (Å²) in [4.78, 5) is 18.0. The SMILES string of the molecule is COC(=O)c1sc(N(C)CCC#N)nc1C. The monoisotopic (exact) mass is 239 g/mol. The second-order valence-electron chi connectivity index (χ2n) is 3.23. The van der Waals surface area contributed by atoms with E-state index in [4.69, 9.17) is 5.26 Å². The molecule has 0 saturated heterocycles. The van der Waals surface area contributed by atoms with Gasteiger partial charge in [0.05, 0.1) is 25.3 Å². The van der Waals surface area contributed by atoms with E-state index in [1.807, 2.05) is 11.9 Å². The van der Waals surface area contributed by atoms with Crippen molar-refractivity contribution in [3.63, 3.8) is 0 Å². The van der Waals surface area contributed by atoms with E-state index >= 15 is 0 Å². The van der Waals surface area contributed by atoms with Crippen LogP contribution in [0.25, 0.3) is 0 Å². The Morgan fingerprint density at radius 3 is 2.94 bits per heavy atom. The Labute approximate surface area is 98.3 Å². The van der Waals surface area contributed by atoms with Gasteiger partial charge in [0.25, 0.3) is 0 Å². The minimum atomic E-state index is -0.366. The molecule has 0 aliphatic rings. The molecule has 0 bridgehead atoms. The predicted molar refractivity (Wildman–Crippen MR) is 61.7 cm³/mol. The van der Waals surface area contributed by atoms with Crippen LogP contribution in [-0.2, 0) is 4.74 Å². The Bertz CT molecular complexity index is 422. The van der Waals surface area contributed by atoms with Crippen LogP contribution in [0.5, 0.6) is 0 Å². The van der Waals surface area contributed by atoms with Crippen molar-refractivity contribution < 1.29 is 9.53 Å². The summed E-state index contributed by atoms with van der Waals surface area (Å²) >= 11 is 1.28. The van der Waals surface area contributed by atoms with Gasteiger partial charge < -0.3 is 9.64 Å². The second kappa shape index (κ2) is 5.47. The van der Waals surface area contributed by atoms with Crippen molar-refractivity contribution in [2.75, 3.05) is 25.6 Å². The lowest BCUT2D eigenvalue weighted by Crippen LogP contribution is -2.17. The van der Waals surface area contributed by atoms with Gasteiger partial charge in [-0.15, -0.1) is 0 Å². The van der Waals surface area contributed by atoms with Crippen LogP contribution in [0.2, 0.25) is 0 Å². The van der Waals surface area contributed by atoms with Gasteiger partial charge in [-0.2, -0.15) is 5.26 Å². The van der Waals surface area contributed by atoms with Gasteiger partial charge >= 0.3 is 5.97 Å². The average Bonchev–Trinajstić information content (AvgIpc) is 2.67. The number of thiazole rings is 1. The minimum Gasteiger partial charge on any atom is -0.465 e. The number of nitriles is 1. The molecular weight excluding hydrogens is 226 g/mol. The van der Waals surface area contributed by atoms with Gasteiger partial charge in [0.15, 0.2) is 5.13 Å². The molecule has 0 radical (unpaired) electrons. The maximum atomic E-state index is 11.4. The molecule has 0 amide bonds. The molecule has 0 unspecified atom stereocenters. The molecule has 16 heavy (non-hydrogen) atoms. The molecule has 6 heteroatoms. The molecular formula is C10H13N3O2S. The fourth-order valence-electron chi connectivity index (χ4n) is 1.14. The number of esters is 1. The number of anilines is 1. The maximum Gasteiger partial charge on any atom is 0.350 e. The van der Waals surface area contributed by atoms with Crippen molar-refractivity contribution in [3.8, 4) is 6.07 Å². The summed E-state index contributed by atoms with van der Waals surface area (Å²) in [5.74, 6) is -0.366. The smallest absolute Gasteiger partial charge is 0.350 e. The number of ether oxygens (including phenoxy) is 1. The zero-order valence-corrected chi connectivity index (χ0v) is 10.3. The van der Waals surface area contributed by atoms with Crippen LogP contribution in [0, 0.1) is 18.3 Å². The van der Waals surface area contributed by atoms with Crippen LogP contribution in [0.1, 0.15) is 21.8 Å². The summed E-state index contributed by atoms with van der Waals surface area (Å²) < 4.78 is 4.65. The quantitative estimate of drug-likeness (QED) is 0.746. The fourth-order valence-corrected chi connectivity index (χ4v) is 2.11. The second-order valence-corrected chi connectivity index (χ2v) is 4.21. The maximum absolute atomic E-state index is 11.4. The molecule has 0 spiro atoms. The Morgan fingerprint density at radius 1 is 1.69 bits per heavy atom. The lowest BCUT2D eigenvalue weighted by atomic mass is 10.4. The summed E-state index contributed by atoms with van der Waals surface area (Å²) in [6.07, 6.45) is 0.433. The first kappa shape index (κ1) is 12.5. The zero-order chi connectivity index (χ0) is 12.1. The van der Waals surface area contributed by atoms with E-state index in [-0.39, 0.29) is 5.97 Å². The Kier molecular flexibility index (Phi) is 4.26. The summed E-state index contributed by atoms with van der Waals surface area (Å²) in [5.41, 5.74) is 0.663. The molecule has 0 aliphatic heterocycles. The molecule has 1 heterocycles. The van der Waals surface area contributed by atoms with Crippen LogP contribution in [-0.4, -0.2) is 31.7 Å². The average molecular weight is 239 g/mol. The lowest BCUT2D eigenvalue weighted by Gasteiger charge is -2.12. The summed E-state index contributed by atoms with van der Waals surface area (Å²) in [6.45, 7) is 2.37. The van der Waals surface area contributed by atoms with Crippen molar-refractivity contribution in [2.24, 2.45) is 0 Å². The summed E-state index contributed by atoms with van der Waals surface area (Å²) in [7, 11) is 3.19. The van der Waals surface area contributed by atoms with E-state index in [1.54, 1.807) is 6.92 Å². The molecule has 5 nitrogen and oxygen atoms in total. The Balaban J connectivity index is 2.84. The van der Waals surface area contributed by atoms with Crippen LogP contribution >= 0.6 is 11.3 Å². The standard InChI is InChI=1S/C10H13N3O2S/c1-7-8(9(14)15-3)16-10(12-7)13(2)6-4-5-11/h4,6H2,1-3H3. The first-order chi connectivity index (χ1) is 7.60. The number of hydrogen-bond acceptors (Lipinski definition) is 6. The number of carbonyl (C=O) groups excluding carboxylic acids is 1. The third-order valence-corrected chi connectivity index (χ3v) is 3.29. The summed E-state index contributed by atoms with van der Waals surface area (Å²) in [6, 6.07) is 2.07. The van der Waals surface area contributed by atoms with Crippen LogP contribution in [0.4, 0.5) is 5.13 Å². The largest absolute Gasteiger partial charge is 0.465 e. The molecule has 0 aromatic carbocycles. The molecule has 0 saturated carbocycles. The first-order valence-electron chi connectivity index (χ1n) is 4.74. The van der Waals surface area contributed by atoms with Gasteiger partial charge in [-0.1, -0.05) is 11.3 Å². The lowest BCUT2D eigenvalue weighted by molar-refractivity contribution is 0.0605. The van der Waals surface area contributed by atoms with Gasteiger partial charge in [-0.3, -0.25) is 0 Å². The topological polar surface area (TPSA) is 66.2 Å². The molecule has 0 fully saturated rings. The van der Waals surface area contributed by atoms with E-state index < -0.39 is 0 Å². The molecule has 1 rings (SSSR count). The van der Waals surface area contributed by atoms with Crippen molar-refractivity contribution in [1.82, 2.24) is 4.98 Å². The van der Waals surface area contributed by atoms with Gasteiger partial charge in [0.2, 0.25) is 0 Å². The van der Waals surface area contributed by atoms with E-state index in [2.05, 4.69) is 15.8 Å². The van der Waals surface area contributed by atoms with Crippen LogP contribution < -0.4 is 4.90 Å². The third-order valence-electron chi connectivity index (χ3n) is 2.04. The minimum absolute atomic E-state index is 0.366. The molecule has 1 aromatic rings. The highest BCUT2D eigenvalue weighted by Gasteiger charge is 2.17. The van der Waals surface area contributed by atoms with Gasteiger partial charge in [0.1, 0.15) is 4.88 Å². The molecule has 1 aromatic heterocycles. The highest BCUT2D eigenvalue weighted by molar-refractivity contribution is 7.17. The van der Waals surface area contributed by atoms with Gasteiger partial charge in [0, 0.05) is 13.6 Å². The number of aryl methyl sites for hydroxylation is 1. The fraction of sp³-hybridized carbons (Fsp3) is 0.500. The number of aromatic nitrogens is 1. The van der Waals surface area contributed by atoms with Crippen molar-refractivity contribution in [3.05, 3.63) is 10.6 Å². The molecule has 0 N–H and O–H groups in total. The normalized spacial score (nSPS) is 9.62. The predicted octanol–water partition coefficient (Wildman–Crippen LogP) is 1.59. The van der Waals surface area contributed by atoms with Gasteiger partial charge in [-0.05, 0) is 6.92 Å². The summed E-state index contributed by atoms with van der Waals surface area (Å²) in [5, 5.41) is 9.21. The number of methoxy groups -OCH3 is 1. The highest BCUT2D eigenvalue weighted by Crippen LogP contribution is 2.25. The number of carbonyl (C=O) groups is 1. The highest BCUT2D eigenvalue weighted by atomic mass is 32.1. The van der Waals surface area contributed by atoms with E-state index in [1.165, 1.54) is 18.4 Å². The van der Waals surface area contributed by atoms with Crippen LogP contribution in [0.15, 0.2) is 0 Å². The van der Waals surface area contributed by atoms with E-state index in [0.717, 1.165) is 5.13 Å². The van der Waals surface area contributed by atoms with Crippen molar-refractivity contribution in [1.29, 1.82) is 5.26 Å². The molecule has 0 aliphatic carbocycles. The van der Waals surface area contributed by atoms with E-state index in [0.29, 0.717) is 23.5 Å². The molecule has 0 atom stereocenters. The first-order valence-corrected chi connectivity index (χ1v) is 5.55. The Morgan fingerprint density at radius 2 is 2.38 bits per heavy atom. The third kappa shape index (κ3) is 2.70. The van der Waals surface area contributed by atoms with Crippen molar-refractivity contribution in [2.45, 2.75) is 13.3 Å². The number of hydrogen-bond donors (Lipinski definition) is 0.